The van der Waals surface area contributed by atoms with Crippen LogP contribution in [0.25, 0.3) is 0 Å². The molecule has 3 aromatic carbocycles. The van der Waals surface area contributed by atoms with E-state index < -0.39 is 0 Å². The van der Waals surface area contributed by atoms with E-state index in [9.17, 15) is 4.79 Å². The molecular formula is C32H37ClN2O. The number of aryl methyl sites for hydroxylation is 1. The highest BCUT2D eigenvalue weighted by molar-refractivity contribution is 6.31. The SMILES string of the molecule is O=C(CCC1CCN(Cc2ccccc2Cl)CC1)c1ccc2c(c1)CN(Cc1ccccc1)CCC2. The summed E-state index contributed by atoms with van der Waals surface area (Å²) in [5, 5.41) is 0.856. The summed E-state index contributed by atoms with van der Waals surface area (Å²) in [5.74, 6) is 0.939. The van der Waals surface area contributed by atoms with Gasteiger partial charge in [-0.2, -0.15) is 0 Å². The maximum atomic E-state index is 13.1. The van der Waals surface area contributed by atoms with Crippen molar-refractivity contribution in [2.45, 2.75) is 58.2 Å². The quantitative estimate of drug-likeness (QED) is 0.306. The van der Waals surface area contributed by atoms with Crippen molar-refractivity contribution in [2.24, 2.45) is 5.92 Å². The predicted molar refractivity (Wildman–Crippen MR) is 148 cm³/mol. The normalized spacial score (nSPS) is 17.5. The summed E-state index contributed by atoms with van der Waals surface area (Å²) < 4.78 is 0. The third kappa shape index (κ3) is 6.64. The number of benzene rings is 3. The van der Waals surface area contributed by atoms with Crippen molar-refractivity contribution in [2.75, 3.05) is 19.6 Å². The first kappa shape index (κ1) is 25.2. The van der Waals surface area contributed by atoms with Crippen LogP contribution >= 0.6 is 11.6 Å². The number of rotatable bonds is 8. The van der Waals surface area contributed by atoms with Gasteiger partial charge >= 0.3 is 0 Å². The lowest BCUT2D eigenvalue weighted by Gasteiger charge is -2.32. The smallest absolute Gasteiger partial charge is 0.162 e. The predicted octanol–water partition coefficient (Wildman–Crippen LogP) is 7.16. The van der Waals surface area contributed by atoms with Crippen molar-refractivity contribution in [1.82, 2.24) is 9.80 Å². The van der Waals surface area contributed by atoms with Crippen molar-refractivity contribution in [1.29, 1.82) is 0 Å². The van der Waals surface area contributed by atoms with Crippen LogP contribution in [0.15, 0.2) is 72.8 Å². The second-order valence-corrected chi connectivity index (χ2v) is 11.0. The number of likely N-dealkylation sites (tertiary alicyclic amines) is 1. The third-order valence-electron chi connectivity index (χ3n) is 7.93. The fraction of sp³-hybridized carbons (Fsp3) is 0.406. The minimum Gasteiger partial charge on any atom is -0.299 e. The molecule has 0 radical (unpaired) electrons. The van der Waals surface area contributed by atoms with Gasteiger partial charge in [0.2, 0.25) is 0 Å². The lowest BCUT2D eigenvalue weighted by Crippen LogP contribution is -2.33. The van der Waals surface area contributed by atoms with Gasteiger partial charge in [-0.3, -0.25) is 14.6 Å². The number of hydrogen-bond acceptors (Lipinski definition) is 3. The van der Waals surface area contributed by atoms with Gasteiger partial charge in [0.05, 0.1) is 0 Å². The summed E-state index contributed by atoms with van der Waals surface area (Å²) in [7, 11) is 0. The minimum atomic E-state index is 0.301. The monoisotopic (exact) mass is 500 g/mol. The molecule has 0 bridgehead atoms. The van der Waals surface area contributed by atoms with Crippen molar-refractivity contribution in [3.63, 3.8) is 0 Å². The Morgan fingerprint density at radius 2 is 1.61 bits per heavy atom. The highest BCUT2D eigenvalue weighted by Gasteiger charge is 2.22. The van der Waals surface area contributed by atoms with E-state index in [2.05, 4.69) is 70.5 Å². The first-order valence-electron chi connectivity index (χ1n) is 13.5. The molecule has 2 aliphatic heterocycles. The molecule has 4 heteroatoms. The van der Waals surface area contributed by atoms with Crippen LogP contribution in [0.3, 0.4) is 0 Å². The topological polar surface area (TPSA) is 23.6 Å². The standard InChI is InChI=1S/C32H37ClN2O/c33-31-11-5-4-9-29(31)23-34-19-16-25(17-20-34)12-15-32(36)28-14-13-27-10-6-18-35(24-30(27)21-28)22-26-7-2-1-3-8-26/h1-5,7-9,11,13-14,21,25H,6,10,12,15-20,22-24H2. The van der Waals surface area contributed by atoms with Crippen LogP contribution in [-0.2, 0) is 26.1 Å². The average molecular weight is 501 g/mol. The molecule has 5 rings (SSSR count). The molecule has 1 saturated heterocycles. The van der Waals surface area contributed by atoms with E-state index >= 15 is 0 Å². The van der Waals surface area contributed by atoms with E-state index in [1.165, 1.54) is 28.7 Å². The van der Waals surface area contributed by atoms with Crippen LogP contribution in [0, 0.1) is 5.92 Å². The Bertz CT molecular complexity index is 1150. The van der Waals surface area contributed by atoms with Crippen LogP contribution in [0.1, 0.15) is 64.7 Å². The number of carbonyl (C=O) groups is 1. The molecule has 0 spiro atoms. The summed E-state index contributed by atoms with van der Waals surface area (Å²) in [5.41, 5.74) is 6.20. The van der Waals surface area contributed by atoms with E-state index in [4.69, 9.17) is 11.6 Å². The largest absolute Gasteiger partial charge is 0.299 e. The van der Waals surface area contributed by atoms with E-state index in [1.54, 1.807) is 0 Å². The maximum absolute atomic E-state index is 13.1. The molecule has 0 unspecified atom stereocenters. The molecule has 1 fully saturated rings. The first-order chi connectivity index (χ1) is 17.6. The molecule has 188 valence electrons. The highest BCUT2D eigenvalue weighted by Crippen LogP contribution is 2.27. The second kappa shape index (κ2) is 12.2. The summed E-state index contributed by atoms with van der Waals surface area (Å²) >= 11 is 6.35. The zero-order valence-electron chi connectivity index (χ0n) is 21.2. The maximum Gasteiger partial charge on any atom is 0.162 e. The Balaban J connectivity index is 1.12. The molecule has 0 atom stereocenters. The molecule has 36 heavy (non-hydrogen) atoms. The fourth-order valence-electron chi connectivity index (χ4n) is 5.76. The Labute approximate surface area is 221 Å². The molecule has 2 heterocycles. The number of hydrogen-bond donors (Lipinski definition) is 0. The number of fused-ring (bicyclic) bond motifs is 1. The Hall–Kier alpha value is -2.46. The number of piperidine rings is 1. The van der Waals surface area contributed by atoms with Gasteiger partial charge in [-0.1, -0.05) is 72.3 Å². The molecule has 3 nitrogen and oxygen atoms in total. The average Bonchev–Trinajstić information content (AvgIpc) is 3.11. The van der Waals surface area contributed by atoms with E-state index in [1.807, 2.05) is 12.1 Å². The lowest BCUT2D eigenvalue weighted by molar-refractivity contribution is 0.0961. The van der Waals surface area contributed by atoms with Gasteiger partial charge in [0.15, 0.2) is 5.78 Å². The van der Waals surface area contributed by atoms with Crippen molar-refractivity contribution in [3.05, 3.63) is 106 Å². The molecule has 0 saturated carbocycles. The molecule has 0 N–H and O–H groups in total. The molecule has 2 aliphatic rings. The second-order valence-electron chi connectivity index (χ2n) is 10.6. The molecule has 0 aliphatic carbocycles. The van der Waals surface area contributed by atoms with Crippen molar-refractivity contribution < 1.29 is 4.79 Å². The van der Waals surface area contributed by atoms with Gasteiger partial charge in [-0.15, -0.1) is 0 Å². The van der Waals surface area contributed by atoms with Crippen molar-refractivity contribution >= 4 is 17.4 Å². The van der Waals surface area contributed by atoms with Gasteiger partial charge in [0.25, 0.3) is 0 Å². The van der Waals surface area contributed by atoms with Crippen LogP contribution < -0.4 is 0 Å². The van der Waals surface area contributed by atoms with E-state index in [0.29, 0.717) is 18.1 Å². The minimum absolute atomic E-state index is 0.301. The van der Waals surface area contributed by atoms with Gasteiger partial charge < -0.3 is 0 Å². The number of nitrogens with zero attached hydrogens (tertiary/aromatic N) is 2. The van der Waals surface area contributed by atoms with Gasteiger partial charge in [0.1, 0.15) is 0 Å². The number of ketones is 1. The first-order valence-corrected chi connectivity index (χ1v) is 13.9. The van der Waals surface area contributed by atoms with Gasteiger partial charge in [0, 0.05) is 36.6 Å². The van der Waals surface area contributed by atoms with Crippen LogP contribution in [0.2, 0.25) is 5.02 Å². The summed E-state index contributed by atoms with van der Waals surface area (Å²) in [6.07, 6.45) is 6.24. The molecule has 0 aromatic heterocycles. The zero-order valence-corrected chi connectivity index (χ0v) is 21.9. The van der Waals surface area contributed by atoms with Crippen LogP contribution in [0.4, 0.5) is 0 Å². The number of Topliss-reactive ketones (excluding diaryl/α,β-unsaturated/α-hetero) is 1. The van der Waals surface area contributed by atoms with E-state index in [0.717, 1.165) is 75.5 Å². The summed E-state index contributed by atoms with van der Waals surface area (Å²) in [6, 6.07) is 25.3. The zero-order chi connectivity index (χ0) is 24.7. The van der Waals surface area contributed by atoms with Crippen molar-refractivity contribution in [3.8, 4) is 0 Å². The highest BCUT2D eigenvalue weighted by atomic mass is 35.5. The lowest BCUT2D eigenvalue weighted by atomic mass is 9.89. The Kier molecular flexibility index (Phi) is 8.53. The fourth-order valence-corrected chi connectivity index (χ4v) is 5.96. The Morgan fingerprint density at radius 1 is 0.833 bits per heavy atom. The van der Waals surface area contributed by atoms with Crippen LogP contribution in [-0.4, -0.2) is 35.2 Å². The molecule has 0 amide bonds. The summed E-state index contributed by atoms with van der Waals surface area (Å²) in [6.45, 7) is 6.08. The summed E-state index contributed by atoms with van der Waals surface area (Å²) in [4.78, 5) is 18.1. The molecule has 3 aromatic rings. The van der Waals surface area contributed by atoms with Crippen LogP contribution in [0.5, 0.6) is 0 Å². The van der Waals surface area contributed by atoms with E-state index in [-0.39, 0.29) is 0 Å². The third-order valence-corrected chi connectivity index (χ3v) is 8.30. The van der Waals surface area contributed by atoms with Gasteiger partial charge in [-0.05, 0) is 92.0 Å². The van der Waals surface area contributed by atoms with Gasteiger partial charge in [-0.25, -0.2) is 0 Å². The Morgan fingerprint density at radius 3 is 2.42 bits per heavy atom. The number of carbonyl (C=O) groups excluding carboxylic acids is 1. The molecular weight excluding hydrogens is 464 g/mol. The number of halogens is 1.